The number of benzene rings is 1. The van der Waals surface area contributed by atoms with Crippen molar-refractivity contribution in [3.05, 3.63) is 35.9 Å². The fourth-order valence-electron chi connectivity index (χ4n) is 2.70. The summed E-state index contributed by atoms with van der Waals surface area (Å²) in [5.74, 6) is 0.669. The van der Waals surface area contributed by atoms with E-state index in [9.17, 15) is 0 Å². The number of hydrogen-bond acceptors (Lipinski definition) is 1. The molecule has 0 aliphatic carbocycles. The molecule has 0 bridgehead atoms. The molecule has 0 aliphatic heterocycles. The molecule has 1 heteroatoms. The first-order chi connectivity index (χ1) is 8.83. The summed E-state index contributed by atoms with van der Waals surface area (Å²) in [6, 6.07) is 11.7. The Morgan fingerprint density at radius 1 is 0.889 bits per heavy atom. The van der Waals surface area contributed by atoms with Crippen LogP contribution in [-0.4, -0.2) is 12.6 Å². The van der Waals surface area contributed by atoms with Gasteiger partial charge < -0.3 is 5.32 Å². The largest absolute Gasteiger partial charge is 0.313 e. The molecule has 0 aromatic heterocycles. The van der Waals surface area contributed by atoms with E-state index >= 15 is 0 Å². The lowest BCUT2D eigenvalue weighted by molar-refractivity contribution is 0.386. The molecular formula is C17H29N. The maximum atomic E-state index is 3.75. The zero-order valence-corrected chi connectivity index (χ0v) is 12.3. The zero-order valence-electron chi connectivity index (χ0n) is 12.3. The van der Waals surface area contributed by atoms with Gasteiger partial charge in [-0.15, -0.1) is 0 Å². The molecular weight excluding hydrogens is 218 g/mol. The highest BCUT2D eigenvalue weighted by atomic mass is 14.9. The van der Waals surface area contributed by atoms with Crippen molar-refractivity contribution in [3.8, 4) is 0 Å². The summed E-state index contributed by atoms with van der Waals surface area (Å²) in [6.45, 7) is 7.96. The Morgan fingerprint density at radius 3 is 2.11 bits per heavy atom. The van der Waals surface area contributed by atoms with Crippen LogP contribution in [-0.2, 0) is 0 Å². The Balaban J connectivity index is 2.78. The SMILES string of the molecule is CCCNC(CCC)C(CCC)c1ccccc1. The van der Waals surface area contributed by atoms with Crippen molar-refractivity contribution in [2.45, 2.75) is 64.8 Å². The standard InChI is InChI=1S/C17H29N/c1-4-10-16(15-12-8-7-9-13-15)17(11-5-2)18-14-6-3/h7-9,12-13,16-18H,4-6,10-11,14H2,1-3H3. The molecule has 0 heterocycles. The van der Waals surface area contributed by atoms with Gasteiger partial charge in [0.25, 0.3) is 0 Å². The normalized spacial score (nSPS) is 14.4. The third-order valence-corrected chi connectivity index (χ3v) is 3.57. The van der Waals surface area contributed by atoms with Gasteiger partial charge in [0.05, 0.1) is 0 Å². The smallest absolute Gasteiger partial charge is 0.0136 e. The van der Waals surface area contributed by atoms with Crippen LogP contribution in [0.25, 0.3) is 0 Å². The van der Waals surface area contributed by atoms with Crippen molar-refractivity contribution >= 4 is 0 Å². The van der Waals surface area contributed by atoms with E-state index in [-0.39, 0.29) is 0 Å². The molecule has 102 valence electrons. The van der Waals surface area contributed by atoms with E-state index in [4.69, 9.17) is 0 Å². The van der Waals surface area contributed by atoms with Crippen LogP contribution >= 0.6 is 0 Å². The Hall–Kier alpha value is -0.820. The minimum Gasteiger partial charge on any atom is -0.313 e. The third kappa shape index (κ3) is 4.81. The second-order valence-corrected chi connectivity index (χ2v) is 5.16. The average molecular weight is 247 g/mol. The third-order valence-electron chi connectivity index (χ3n) is 3.57. The maximum Gasteiger partial charge on any atom is 0.0136 e. The van der Waals surface area contributed by atoms with Crippen molar-refractivity contribution in [2.75, 3.05) is 6.54 Å². The molecule has 0 saturated heterocycles. The molecule has 1 aromatic rings. The van der Waals surface area contributed by atoms with Gasteiger partial charge in [0, 0.05) is 6.04 Å². The second-order valence-electron chi connectivity index (χ2n) is 5.16. The van der Waals surface area contributed by atoms with Crippen LogP contribution in [0, 0.1) is 0 Å². The minimum absolute atomic E-state index is 0.636. The lowest BCUT2D eigenvalue weighted by Crippen LogP contribution is -2.35. The van der Waals surface area contributed by atoms with Crippen molar-refractivity contribution < 1.29 is 0 Å². The van der Waals surface area contributed by atoms with E-state index in [0.29, 0.717) is 12.0 Å². The van der Waals surface area contributed by atoms with Crippen LogP contribution in [0.2, 0.25) is 0 Å². The van der Waals surface area contributed by atoms with Gasteiger partial charge in [-0.2, -0.15) is 0 Å². The van der Waals surface area contributed by atoms with Crippen molar-refractivity contribution in [2.24, 2.45) is 0 Å². The number of nitrogens with one attached hydrogen (secondary N) is 1. The fourth-order valence-corrected chi connectivity index (χ4v) is 2.70. The first kappa shape index (κ1) is 15.2. The van der Waals surface area contributed by atoms with Crippen LogP contribution in [0.1, 0.15) is 64.4 Å². The maximum absolute atomic E-state index is 3.75. The van der Waals surface area contributed by atoms with Crippen LogP contribution < -0.4 is 5.32 Å². The zero-order chi connectivity index (χ0) is 13.2. The summed E-state index contributed by atoms with van der Waals surface area (Å²) in [4.78, 5) is 0. The Morgan fingerprint density at radius 2 is 1.56 bits per heavy atom. The van der Waals surface area contributed by atoms with Gasteiger partial charge in [-0.1, -0.05) is 63.9 Å². The quantitative estimate of drug-likeness (QED) is 0.664. The molecule has 2 atom stereocenters. The molecule has 0 fully saturated rings. The summed E-state index contributed by atoms with van der Waals surface area (Å²) in [6.07, 6.45) is 6.29. The van der Waals surface area contributed by atoms with Gasteiger partial charge in [-0.3, -0.25) is 0 Å². The van der Waals surface area contributed by atoms with Gasteiger partial charge >= 0.3 is 0 Å². The highest BCUT2D eigenvalue weighted by molar-refractivity contribution is 5.21. The monoisotopic (exact) mass is 247 g/mol. The Labute approximate surface area is 113 Å². The van der Waals surface area contributed by atoms with E-state index in [1.807, 2.05) is 0 Å². The molecule has 2 unspecified atom stereocenters. The highest BCUT2D eigenvalue weighted by Gasteiger charge is 2.20. The van der Waals surface area contributed by atoms with E-state index in [1.165, 1.54) is 37.7 Å². The van der Waals surface area contributed by atoms with Crippen molar-refractivity contribution in [1.82, 2.24) is 5.32 Å². The highest BCUT2D eigenvalue weighted by Crippen LogP contribution is 2.27. The molecule has 0 aliphatic rings. The lowest BCUT2D eigenvalue weighted by Gasteiger charge is -2.28. The molecule has 18 heavy (non-hydrogen) atoms. The molecule has 1 N–H and O–H groups in total. The Bertz CT molecular complexity index is 294. The van der Waals surface area contributed by atoms with Crippen molar-refractivity contribution in [1.29, 1.82) is 0 Å². The summed E-state index contributed by atoms with van der Waals surface area (Å²) in [5.41, 5.74) is 1.50. The Kier molecular flexibility index (Phi) is 7.75. The van der Waals surface area contributed by atoms with Gasteiger partial charge in [0.2, 0.25) is 0 Å². The van der Waals surface area contributed by atoms with Gasteiger partial charge in [0.1, 0.15) is 0 Å². The molecule has 0 saturated carbocycles. The molecule has 1 nitrogen and oxygen atoms in total. The van der Waals surface area contributed by atoms with E-state index in [2.05, 4.69) is 56.4 Å². The van der Waals surface area contributed by atoms with Gasteiger partial charge in [-0.25, -0.2) is 0 Å². The first-order valence-corrected chi connectivity index (χ1v) is 7.61. The minimum atomic E-state index is 0.636. The fraction of sp³-hybridized carbons (Fsp3) is 0.647. The number of rotatable bonds is 9. The molecule has 0 radical (unpaired) electrons. The predicted molar refractivity (Wildman–Crippen MR) is 81.1 cm³/mol. The molecule has 1 aromatic carbocycles. The van der Waals surface area contributed by atoms with Crippen LogP contribution in [0.5, 0.6) is 0 Å². The lowest BCUT2D eigenvalue weighted by atomic mass is 9.85. The summed E-state index contributed by atoms with van der Waals surface area (Å²) in [5, 5.41) is 3.75. The van der Waals surface area contributed by atoms with Gasteiger partial charge in [-0.05, 0) is 37.3 Å². The average Bonchev–Trinajstić information content (AvgIpc) is 2.42. The molecule has 0 spiro atoms. The number of hydrogen-bond donors (Lipinski definition) is 1. The first-order valence-electron chi connectivity index (χ1n) is 7.61. The van der Waals surface area contributed by atoms with E-state index < -0.39 is 0 Å². The predicted octanol–water partition coefficient (Wildman–Crippen LogP) is 4.74. The van der Waals surface area contributed by atoms with E-state index in [0.717, 1.165) is 6.54 Å². The summed E-state index contributed by atoms with van der Waals surface area (Å²) >= 11 is 0. The van der Waals surface area contributed by atoms with Crippen LogP contribution in [0.15, 0.2) is 30.3 Å². The topological polar surface area (TPSA) is 12.0 Å². The van der Waals surface area contributed by atoms with Crippen molar-refractivity contribution in [3.63, 3.8) is 0 Å². The summed E-state index contributed by atoms with van der Waals surface area (Å²) in [7, 11) is 0. The second kappa shape index (κ2) is 9.16. The summed E-state index contributed by atoms with van der Waals surface area (Å²) < 4.78 is 0. The van der Waals surface area contributed by atoms with Crippen LogP contribution in [0.4, 0.5) is 0 Å². The van der Waals surface area contributed by atoms with E-state index in [1.54, 1.807) is 0 Å². The molecule has 0 amide bonds. The molecule has 1 rings (SSSR count). The van der Waals surface area contributed by atoms with Gasteiger partial charge in [0.15, 0.2) is 0 Å². The van der Waals surface area contributed by atoms with Crippen LogP contribution in [0.3, 0.4) is 0 Å².